The normalized spacial score (nSPS) is 17.3. The van der Waals surface area contributed by atoms with Crippen LogP contribution in [-0.2, 0) is 16.1 Å². The van der Waals surface area contributed by atoms with Crippen LogP contribution in [0.4, 0.5) is 4.79 Å². The molecule has 1 aliphatic rings. The Kier molecular flexibility index (Phi) is 5.56. The lowest BCUT2D eigenvalue weighted by molar-refractivity contribution is 0.138. The first-order valence-corrected chi connectivity index (χ1v) is 8.48. The average Bonchev–Trinajstić information content (AvgIpc) is 3.39. The fourth-order valence-corrected chi connectivity index (χ4v) is 3.25. The Bertz CT molecular complexity index is 617. The lowest BCUT2D eigenvalue weighted by atomic mass is 10.2. The van der Waals surface area contributed by atoms with E-state index in [4.69, 9.17) is 9.47 Å². The zero-order valence-electron chi connectivity index (χ0n) is 12.7. The van der Waals surface area contributed by atoms with Crippen LogP contribution in [0.15, 0.2) is 65.6 Å². The Morgan fingerprint density at radius 3 is 2.48 bits per heavy atom. The van der Waals surface area contributed by atoms with Gasteiger partial charge in [0.2, 0.25) is 0 Å². The van der Waals surface area contributed by atoms with Gasteiger partial charge in [0.15, 0.2) is 0 Å². The zero-order chi connectivity index (χ0) is 15.9. The van der Waals surface area contributed by atoms with Crippen molar-refractivity contribution in [1.82, 2.24) is 5.32 Å². The van der Waals surface area contributed by atoms with E-state index in [9.17, 15) is 4.79 Å². The second-order valence-electron chi connectivity index (χ2n) is 5.32. The van der Waals surface area contributed by atoms with Crippen molar-refractivity contribution in [1.29, 1.82) is 0 Å². The van der Waals surface area contributed by atoms with E-state index >= 15 is 0 Å². The van der Waals surface area contributed by atoms with Crippen LogP contribution in [0.3, 0.4) is 0 Å². The molecule has 1 saturated heterocycles. The van der Waals surface area contributed by atoms with Crippen molar-refractivity contribution in [3.63, 3.8) is 0 Å². The van der Waals surface area contributed by atoms with Gasteiger partial charge in [0.25, 0.3) is 0 Å². The molecule has 3 rings (SSSR count). The van der Waals surface area contributed by atoms with Crippen LogP contribution in [0.2, 0.25) is 0 Å². The molecule has 0 aromatic heterocycles. The average molecular weight is 329 g/mol. The second kappa shape index (κ2) is 8.04. The van der Waals surface area contributed by atoms with Gasteiger partial charge in [-0.3, -0.25) is 0 Å². The molecule has 0 bridgehead atoms. The summed E-state index contributed by atoms with van der Waals surface area (Å²) in [6.45, 7) is 1.04. The van der Waals surface area contributed by atoms with E-state index in [1.807, 2.05) is 60.7 Å². The van der Waals surface area contributed by atoms with Gasteiger partial charge in [0.1, 0.15) is 6.61 Å². The molecule has 1 aliphatic heterocycles. The number of epoxide rings is 1. The van der Waals surface area contributed by atoms with Crippen molar-refractivity contribution in [3.8, 4) is 0 Å². The van der Waals surface area contributed by atoms with Crippen LogP contribution in [0.1, 0.15) is 12.0 Å². The largest absolute Gasteiger partial charge is 0.445 e. The molecule has 4 nitrogen and oxygen atoms in total. The van der Waals surface area contributed by atoms with E-state index < -0.39 is 6.09 Å². The smallest absolute Gasteiger partial charge is 0.408 e. The third kappa shape index (κ3) is 5.62. The lowest BCUT2D eigenvalue weighted by Crippen LogP contribution is -2.34. The molecule has 1 N–H and O–H groups in total. The molecular weight excluding hydrogens is 310 g/mol. The third-order valence-electron chi connectivity index (χ3n) is 3.39. The standard InChI is InChI=1S/C18H19NO3S/c20-18(22-12-14-7-3-1-4-8-14)19-17(11-15-13-21-15)23-16-9-5-2-6-10-16/h1-10,15,17H,11-13H2,(H,19,20). The minimum Gasteiger partial charge on any atom is -0.445 e. The molecule has 2 aromatic rings. The van der Waals surface area contributed by atoms with Gasteiger partial charge in [-0.05, 0) is 17.7 Å². The molecule has 1 amide bonds. The number of ether oxygens (including phenoxy) is 2. The second-order valence-corrected chi connectivity index (χ2v) is 6.59. The highest BCUT2D eigenvalue weighted by Gasteiger charge is 2.28. The lowest BCUT2D eigenvalue weighted by Gasteiger charge is -2.17. The van der Waals surface area contributed by atoms with Crippen LogP contribution in [0.5, 0.6) is 0 Å². The molecule has 5 heteroatoms. The third-order valence-corrected chi connectivity index (χ3v) is 4.53. The minimum atomic E-state index is -0.400. The van der Waals surface area contributed by atoms with Crippen molar-refractivity contribution >= 4 is 17.9 Å². The van der Waals surface area contributed by atoms with E-state index in [2.05, 4.69) is 5.32 Å². The molecule has 0 radical (unpaired) electrons. The first-order valence-electron chi connectivity index (χ1n) is 7.60. The number of carbonyl (C=O) groups is 1. The highest BCUT2D eigenvalue weighted by Crippen LogP contribution is 2.28. The zero-order valence-corrected chi connectivity index (χ0v) is 13.5. The summed E-state index contributed by atoms with van der Waals surface area (Å²) in [6.07, 6.45) is 0.619. The molecular formula is C18H19NO3S. The van der Waals surface area contributed by atoms with E-state index in [-0.39, 0.29) is 18.1 Å². The summed E-state index contributed by atoms with van der Waals surface area (Å²) in [6, 6.07) is 19.7. The highest BCUT2D eigenvalue weighted by atomic mass is 32.2. The van der Waals surface area contributed by atoms with Gasteiger partial charge in [-0.2, -0.15) is 0 Å². The summed E-state index contributed by atoms with van der Waals surface area (Å²) in [7, 11) is 0. The van der Waals surface area contributed by atoms with E-state index in [0.29, 0.717) is 0 Å². The Labute approximate surface area is 140 Å². The quantitative estimate of drug-likeness (QED) is 0.477. The molecule has 2 atom stereocenters. The first-order chi connectivity index (χ1) is 11.3. The summed E-state index contributed by atoms with van der Waals surface area (Å²) < 4.78 is 10.6. The number of rotatable bonds is 7. The van der Waals surface area contributed by atoms with Gasteiger partial charge in [-0.15, -0.1) is 11.8 Å². The van der Waals surface area contributed by atoms with Crippen molar-refractivity contribution in [2.45, 2.75) is 29.4 Å². The molecule has 1 fully saturated rings. The number of carbonyl (C=O) groups excluding carboxylic acids is 1. The van der Waals surface area contributed by atoms with E-state index in [0.717, 1.165) is 23.5 Å². The topological polar surface area (TPSA) is 50.9 Å². The minimum absolute atomic E-state index is 0.0619. The monoisotopic (exact) mass is 329 g/mol. The number of nitrogens with one attached hydrogen (secondary N) is 1. The number of hydrogen-bond acceptors (Lipinski definition) is 4. The maximum Gasteiger partial charge on any atom is 0.408 e. The number of thioether (sulfide) groups is 1. The molecule has 2 aromatic carbocycles. The number of hydrogen-bond donors (Lipinski definition) is 1. The van der Waals surface area contributed by atoms with Crippen molar-refractivity contribution in [2.75, 3.05) is 6.61 Å². The maximum atomic E-state index is 12.0. The Hall–Kier alpha value is -1.98. The van der Waals surface area contributed by atoms with Crippen LogP contribution >= 0.6 is 11.8 Å². The van der Waals surface area contributed by atoms with Gasteiger partial charge in [-0.25, -0.2) is 4.79 Å². The van der Waals surface area contributed by atoms with Gasteiger partial charge in [-0.1, -0.05) is 48.5 Å². The molecule has 120 valence electrons. The number of amides is 1. The van der Waals surface area contributed by atoms with Crippen LogP contribution in [-0.4, -0.2) is 24.2 Å². The molecule has 2 unspecified atom stereocenters. The fraction of sp³-hybridized carbons (Fsp3) is 0.278. The maximum absolute atomic E-state index is 12.0. The van der Waals surface area contributed by atoms with Crippen LogP contribution < -0.4 is 5.32 Å². The number of alkyl carbamates (subject to hydrolysis) is 1. The summed E-state index contributed by atoms with van der Waals surface area (Å²) in [5.74, 6) is 0. The molecule has 0 saturated carbocycles. The van der Waals surface area contributed by atoms with Crippen molar-refractivity contribution < 1.29 is 14.3 Å². The summed E-state index contributed by atoms with van der Waals surface area (Å²) in [5, 5.41) is 2.87. The van der Waals surface area contributed by atoms with E-state index in [1.165, 1.54) is 0 Å². The van der Waals surface area contributed by atoms with E-state index in [1.54, 1.807) is 11.8 Å². The van der Waals surface area contributed by atoms with Gasteiger partial charge < -0.3 is 14.8 Å². The summed E-state index contributed by atoms with van der Waals surface area (Å²) in [4.78, 5) is 13.1. The van der Waals surface area contributed by atoms with Gasteiger partial charge >= 0.3 is 6.09 Å². The van der Waals surface area contributed by atoms with Crippen molar-refractivity contribution in [2.24, 2.45) is 0 Å². The molecule has 1 heterocycles. The fourth-order valence-electron chi connectivity index (χ4n) is 2.14. The van der Waals surface area contributed by atoms with Crippen LogP contribution in [0.25, 0.3) is 0 Å². The van der Waals surface area contributed by atoms with Gasteiger partial charge in [0.05, 0.1) is 18.1 Å². The molecule has 0 spiro atoms. The summed E-state index contributed by atoms with van der Waals surface area (Å²) in [5.41, 5.74) is 0.973. The molecule has 23 heavy (non-hydrogen) atoms. The Morgan fingerprint density at radius 2 is 1.83 bits per heavy atom. The van der Waals surface area contributed by atoms with Crippen LogP contribution in [0, 0.1) is 0 Å². The predicted octanol–water partition coefficient (Wildman–Crippen LogP) is 3.82. The van der Waals surface area contributed by atoms with Crippen molar-refractivity contribution in [3.05, 3.63) is 66.2 Å². The summed E-state index contributed by atoms with van der Waals surface area (Å²) >= 11 is 1.62. The Balaban J connectivity index is 1.51. The predicted molar refractivity (Wildman–Crippen MR) is 90.2 cm³/mol. The number of benzene rings is 2. The Morgan fingerprint density at radius 1 is 1.17 bits per heavy atom. The van der Waals surface area contributed by atoms with Gasteiger partial charge in [0, 0.05) is 11.3 Å². The first kappa shape index (κ1) is 15.9. The SMILES string of the molecule is O=C(NC(CC1CO1)Sc1ccccc1)OCc1ccccc1. The molecule has 0 aliphatic carbocycles. The highest BCUT2D eigenvalue weighted by molar-refractivity contribution is 8.00.